The van der Waals surface area contributed by atoms with Crippen molar-refractivity contribution in [1.82, 2.24) is 20.1 Å². The number of methoxy groups -OCH3 is 1. The van der Waals surface area contributed by atoms with Crippen molar-refractivity contribution >= 4 is 22.7 Å². The molecule has 7 heteroatoms. The van der Waals surface area contributed by atoms with E-state index in [1.165, 1.54) is 0 Å². The molecule has 1 N–H and O–H groups in total. The van der Waals surface area contributed by atoms with E-state index in [4.69, 9.17) is 9.72 Å². The first-order chi connectivity index (χ1) is 15.9. The summed E-state index contributed by atoms with van der Waals surface area (Å²) in [6, 6.07) is 17.4. The number of fused-ring (bicyclic) bond motifs is 1. The van der Waals surface area contributed by atoms with Crippen molar-refractivity contribution < 1.29 is 14.3 Å². The molecule has 0 aliphatic carbocycles. The average Bonchev–Trinajstić information content (AvgIpc) is 2.83. The molecule has 7 nitrogen and oxygen atoms in total. The van der Waals surface area contributed by atoms with Crippen molar-refractivity contribution in [2.45, 2.75) is 19.9 Å². The SMILES string of the molecule is COc1ccc(-c2cc(C(=O)N3CCN(CC(=O)NC(C)C)CC3)c3ccccc3n2)cc1. The number of nitrogens with zero attached hydrogens (tertiary/aromatic N) is 3. The molecule has 2 amide bonds. The van der Waals surface area contributed by atoms with E-state index in [2.05, 4.69) is 10.2 Å². The van der Waals surface area contributed by atoms with Gasteiger partial charge >= 0.3 is 0 Å². The molecule has 1 fully saturated rings. The lowest BCUT2D eigenvalue weighted by Gasteiger charge is -2.34. The fourth-order valence-electron chi connectivity index (χ4n) is 4.11. The second-order valence-electron chi connectivity index (χ2n) is 8.59. The number of para-hydroxylation sites is 1. The molecule has 0 spiro atoms. The highest BCUT2D eigenvalue weighted by Crippen LogP contribution is 2.27. The number of aromatic nitrogens is 1. The molecule has 0 unspecified atom stereocenters. The number of ether oxygens (including phenoxy) is 1. The van der Waals surface area contributed by atoms with Crippen LogP contribution < -0.4 is 10.1 Å². The van der Waals surface area contributed by atoms with Gasteiger partial charge in [0, 0.05) is 43.2 Å². The van der Waals surface area contributed by atoms with Crippen molar-refractivity contribution in [3.8, 4) is 17.0 Å². The highest BCUT2D eigenvalue weighted by molar-refractivity contribution is 6.07. The van der Waals surface area contributed by atoms with Gasteiger partial charge in [-0.3, -0.25) is 14.5 Å². The number of hydrogen-bond donors (Lipinski definition) is 1. The van der Waals surface area contributed by atoms with Crippen LogP contribution in [-0.4, -0.2) is 72.5 Å². The van der Waals surface area contributed by atoms with Crippen LogP contribution in [0.5, 0.6) is 5.75 Å². The highest BCUT2D eigenvalue weighted by Gasteiger charge is 2.25. The number of carbonyl (C=O) groups excluding carboxylic acids is 2. The Kier molecular flexibility index (Phi) is 6.89. The van der Waals surface area contributed by atoms with Gasteiger partial charge in [-0.25, -0.2) is 4.98 Å². The molecule has 33 heavy (non-hydrogen) atoms. The maximum Gasteiger partial charge on any atom is 0.254 e. The summed E-state index contributed by atoms with van der Waals surface area (Å²) < 4.78 is 5.26. The Bertz CT molecular complexity index is 1140. The first kappa shape index (κ1) is 22.7. The quantitative estimate of drug-likeness (QED) is 0.630. The number of rotatable bonds is 6. The Morgan fingerprint density at radius 3 is 2.39 bits per heavy atom. The number of carbonyl (C=O) groups is 2. The second-order valence-corrected chi connectivity index (χ2v) is 8.59. The molecule has 4 rings (SSSR count). The maximum atomic E-state index is 13.6. The van der Waals surface area contributed by atoms with Gasteiger partial charge in [0.05, 0.1) is 30.4 Å². The Balaban J connectivity index is 1.55. The summed E-state index contributed by atoms with van der Waals surface area (Å²) in [5.41, 5.74) is 3.12. The number of piperazine rings is 1. The van der Waals surface area contributed by atoms with Crippen LogP contribution >= 0.6 is 0 Å². The van der Waals surface area contributed by atoms with E-state index in [0.717, 1.165) is 27.9 Å². The summed E-state index contributed by atoms with van der Waals surface area (Å²) in [5, 5.41) is 3.77. The standard InChI is InChI=1S/C26H30N4O3/c1-18(2)27-25(31)17-29-12-14-30(15-13-29)26(32)22-16-24(19-8-10-20(33-3)11-9-19)28-23-7-5-4-6-21(22)23/h4-11,16,18H,12-15,17H2,1-3H3,(H,27,31). The van der Waals surface area contributed by atoms with Crippen molar-refractivity contribution in [3.63, 3.8) is 0 Å². The molecule has 0 radical (unpaired) electrons. The van der Waals surface area contributed by atoms with Gasteiger partial charge in [-0.2, -0.15) is 0 Å². The predicted octanol–water partition coefficient (Wildman–Crippen LogP) is 3.19. The zero-order valence-electron chi connectivity index (χ0n) is 19.4. The molecule has 2 aromatic carbocycles. The lowest BCUT2D eigenvalue weighted by atomic mass is 10.0. The van der Waals surface area contributed by atoms with Gasteiger partial charge in [0.25, 0.3) is 5.91 Å². The molecule has 1 aliphatic heterocycles. The van der Waals surface area contributed by atoms with Crippen molar-refractivity contribution in [2.24, 2.45) is 0 Å². The van der Waals surface area contributed by atoms with Crippen LogP contribution in [0.25, 0.3) is 22.2 Å². The zero-order chi connectivity index (χ0) is 23.4. The molecular formula is C26H30N4O3. The van der Waals surface area contributed by atoms with E-state index in [0.29, 0.717) is 38.3 Å². The van der Waals surface area contributed by atoms with Crippen molar-refractivity contribution in [1.29, 1.82) is 0 Å². The van der Waals surface area contributed by atoms with Gasteiger partial charge in [0.1, 0.15) is 5.75 Å². The van der Waals surface area contributed by atoms with E-state index in [9.17, 15) is 9.59 Å². The Morgan fingerprint density at radius 1 is 1.03 bits per heavy atom. The maximum absolute atomic E-state index is 13.6. The van der Waals surface area contributed by atoms with E-state index in [1.807, 2.05) is 73.3 Å². The van der Waals surface area contributed by atoms with E-state index >= 15 is 0 Å². The molecule has 1 saturated heterocycles. The molecule has 0 saturated carbocycles. The lowest BCUT2D eigenvalue weighted by Crippen LogP contribution is -2.51. The fourth-order valence-corrected chi connectivity index (χ4v) is 4.11. The number of benzene rings is 2. The fraction of sp³-hybridized carbons (Fsp3) is 0.346. The predicted molar refractivity (Wildman–Crippen MR) is 129 cm³/mol. The first-order valence-corrected chi connectivity index (χ1v) is 11.3. The summed E-state index contributed by atoms with van der Waals surface area (Å²) >= 11 is 0. The highest BCUT2D eigenvalue weighted by atomic mass is 16.5. The smallest absolute Gasteiger partial charge is 0.254 e. The number of nitrogens with one attached hydrogen (secondary N) is 1. The Hall–Kier alpha value is -3.45. The monoisotopic (exact) mass is 446 g/mol. The third-order valence-corrected chi connectivity index (χ3v) is 5.81. The van der Waals surface area contributed by atoms with E-state index in [1.54, 1.807) is 7.11 Å². The van der Waals surface area contributed by atoms with Crippen LogP contribution in [0.3, 0.4) is 0 Å². The Labute approximate surface area is 194 Å². The average molecular weight is 447 g/mol. The largest absolute Gasteiger partial charge is 0.497 e. The van der Waals surface area contributed by atoms with Gasteiger partial charge in [-0.1, -0.05) is 18.2 Å². The van der Waals surface area contributed by atoms with E-state index < -0.39 is 0 Å². The lowest BCUT2D eigenvalue weighted by molar-refractivity contribution is -0.123. The van der Waals surface area contributed by atoms with Gasteiger partial charge < -0.3 is 15.0 Å². The summed E-state index contributed by atoms with van der Waals surface area (Å²) in [4.78, 5) is 34.4. The topological polar surface area (TPSA) is 74.8 Å². The number of hydrogen-bond acceptors (Lipinski definition) is 5. The molecule has 1 aliphatic rings. The molecule has 1 aromatic heterocycles. The summed E-state index contributed by atoms with van der Waals surface area (Å²) in [7, 11) is 1.64. The van der Waals surface area contributed by atoms with Gasteiger partial charge in [-0.15, -0.1) is 0 Å². The minimum absolute atomic E-state index is 0.00496. The second kappa shape index (κ2) is 10.0. The van der Waals surface area contributed by atoms with Crippen molar-refractivity contribution in [2.75, 3.05) is 39.8 Å². The van der Waals surface area contributed by atoms with Gasteiger partial charge in [0.15, 0.2) is 0 Å². The van der Waals surface area contributed by atoms with E-state index in [-0.39, 0.29) is 17.9 Å². The third-order valence-electron chi connectivity index (χ3n) is 5.81. The number of amides is 2. The summed E-state index contributed by atoms with van der Waals surface area (Å²) in [6.07, 6.45) is 0. The minimum Gasteiger partial charge on any atom is -0.497 e. The summed E-state index contributed by atoms with van der Waals surface area (Å²) in [6.45, 7) is 6.78. The van der Waals surface area contributed by atoms with Crippen LogP contribution in [0.4, 0.5) is 0 Å². The summed E-state index contributed by atoms with van der Waals surface area (Å²) in [5.74, 6) is 0.791. The molecule has 2 heterocycles. The normalized spacial score (nSPS) is 14.5. The molecule has 0 atom stereocenters. The molecule has 0 bridgehead atoms. The molecular weight excluding hydrogens is 416 g/mol. The first-order valence-electron chi connectivity index (χ1n) is 11.3. The van der Waals surface area contributed by atoms with Crippen LogP contribution in [0.2, 0.25) is 0 Å². The van der Waals surface area contributed by atoms with Crippen molar-refractivity contribution in [3.05, 3.63) is 60.2 Å². The van der Waals surface area contributed by atoms with Crippen LogP contribution in [0, 0.1) is 0 Å². The minimum atomic E-state index is -0.00496. The van der Waals surface area contributed by atoms with Crippen LogP contribution in [-0.2, 0) is 4.79 Å². The third kappa shape index (κ3) is 5.31. The van der Waals surface area contributed by atoms with Crippen LogP contribution in [0.15, 0.2) is 54.6 Å². The number of pyridine rings is 1. The zero-order valence-corrected chi connectivity index (χ0v) is 19.4. The van der Waals surface area contributed by atoms with Gasteiger partial charge in [0.2, 0.25) is 5.91 Å². The molecule has 172 valence electrons. The van der Waals surface area contributed by atoms with Crippen LogP contribution in [0.1, 0.15) is 24.2 Å². The Morgan fingerprint density at radius 2 is 1.73 bits per heavy atom. The molecule has 3 aromatic rings. The van der Waals surface area contributed by atoms with Gasteiger partial charge in [-0.05, 0) is 50.2 Å².